The lowest BCUT2D eigenvalue weighted by Crippen LogP contribution is -2.57. The molecule has 0 spiro atoms. The molecule has 1 aliphatic rings. The van der Waals surface area contributed by atoms with Gasteiger partial charge in [-0.25, -0.2) is 8.42 Å². The maximum absolute atomic E-state index is 11.9. The minimum absolute atomic E-state index is 0.0351. The van der Waals surface area contributed by atoms with Gasteiger partial charge in [-0.05, 0) is 24.3 Å². The van der Waals surface area contributed by atoms with E-state index in [4.69, 9.17) is 17.3 Å². The Labute approximate surface area is 93.7 Å². The van der Waals surface area contributed by atoms with E-state index in [2.05, 4.69) is 0 Å². The van der Waals surface area contributed by atoms with Gasteiger partial charge in [0.2, 0.25) is 10.0 Å². The second-order valence-electron chi connectivity index (χ2n) is 3.54. The van der Waals surface area contributed by atoms with Crippen LogP contribution in [0.5, 0.6) is 0 Å². The van der Waals surface area contributed by atoms with E-state index >= 15 is 0 Å². The van der Waals surface area contributed by atoms with Gasteiger partial charge in [0.25, 0.3) is 0 Å². The van der Waals surface area contributed by atoms with Gasteiger partial charge < -0.3 is 5.73 Å². The lowest BCUT2D eigenvalue weighted by molar-refractivity contribution is 0.265. The van der Waals surface area contributed by atoms with Gasteiger partial charge >= 0.3 is 0 Å². The van der Waals surface area contributed by atoms with Crippen molar-refractivity contribution >= 4 is 21.6 Å². The van der Waals surface area contributed by atoms with Gasteiger partial charge in [-0.1, -0.05) is 11.6 Å². The van der Waals surface area contributed by atoms with Crippen molar-refractivity contribution in [1.29, 1.82) is 0 Å². The highest BCUT2D eigenvalue weighted by atomic mass is 35.5. The Kier molecular flexibility index (Phi) is 2.72. The van der Waals surface area contributed by atoms with Crippen molar-refractivity contribution in [1.82, 2.24) is 4.31 Å². The molecule has 1 fully saturated rings. The summed E-state index contributed by atoms with van der Waals surface area (Å²) in [6, 6.07) is 6.10. The molecular formula is C9H11ClN2O2S. The molecule has 1 aliphatic heterocycles. The minimum atomic E-state index is -3.36. The van der Waals surface area contributed by atoms with E-state index in [9.17, 15) is 8.42 Å². The van der Waals surface area contributed by atoms with E-state index < -0.39 is 10.0 Å². The Bertz CT molecular complexity index is 452. The van der Waals surface area contributed by atoms with Crippen molar-refractivity contribution in [3.05, 3.63) is 29.3 Å². The van der Waals surface area contributed by atoms with Crippen LogP contribution in [0.2, 0.25) is 5.02 Å². The summed E-state index contributed by atoms with van der Waals surface area (Å²) in [6.07, 6.45) is 0. The van der Waals surface area contributed by atoms with Gasteiger partial charge in [0, 0.05) is 24.2 Å². The van der Waals surface area contributed by atoms with Crippen LogP contribution in [0.4, 0.5) is 0 Å². The maximum Gasteiger partial charge on any atom is 0.243 e. The predicted molar refractivity (Wildman–Crippen MR) is 58.2 cm³/mol. The minimum Gasteiger partial charge on any atom is -0.325 e. The molecule has 2 rings (SSSR count). The van der Waals surface area contributed by atoms with Crippen molar-refractivity contribution in [3.8, 4) is 0 Å². The summed E-state index contributed by atoms with van der Waals surface area (Å²) in [5, 5.41) is 0.522. The number of nitrogens with two attached hydrogens (primary N) is 1. The lowest BCUT2D eigenvalue weighted by Gasteiger charge is -2.35. The first kappa shape index (κ1) is 10.9. The fraction of sp³-hybridized carbons (Fsp3) is 0.333. The molecule has 0 bridgehead atoms. The van der Waals surface area contributed by atoms with Gasteiger partial charge in [0.05, 0.1) is 4.90 Å². The molecule has 1 aromatic carbocycles. The molecule has 0 saturated carbocycles. The Morgan fingerprint density at radius 1 is 1.27 bits per heavy atom. The zero-order chi connectivity index (χ0) is 11.1. The third-order valence-corrected chi connectivity index (χ3v) is 4.43. The molecule has 6 heteroatoms. The van der Waals surface area contributed by atoms with E-state index in [1.165, 1.54) is 16.4 Å². The average Bonchev–Trinajstić information content (AvgIpc) is 2.13. The molecule has 0 unspecified atom stereocenters. The van der Waals surface area contributed by atoms with Crippen molar-refractivity contribution < 1.29 is 8.42 Å². The molecule has 0 atom stereocenters. The molecule has 0 radical (unpaired) electrons. The summed E-state index contributed by atoms with van der Waals surface area (Å²) < 4.78 is 25.2. The molecule has 4 nitrogen and oxygen atoms in total. The summed E-state index contributed by atoms with van der Waals surface area (Å²) in [6.45, 7) is 0.788. The topological polar surface area (TPSA) is 63.4 Å². The molecule has 0 amide bonds. The summed E-state index contributed by atoms with van der Waals surface area (Å²) >= 11 is 5.68. The first-order valence-corrected chi connectivity index (χ1v) is 6.33. The summed E-state index contributed by atoms with van der Waals surface area (Å²) in [4.78, 5) is 0.263. The van der Waals surface area contributed by atoms with Crippen LogP contribution in [0.15, 0.2) is 29.2 Å². The van der Waals surface area contributed by atoms with Gasteiger partial charge in [-0.3, -0.25) is 0 Å². The predicted octanol–water partition coefficient (Wildman–Crippen LogP) is 0.672. The van der Waals surface area contributed by atoms with Crippen LogP contribution in [0, 0.1) is 0 Å². The quantitative estimate of drug-likeness (QED) is 0.834. The van der Waals surface area contributed by atoms with Gasteiger partial charge in [0.15, 0.2) is 0 Å². The van der Waals surface area contributed by atoms with Crippen LogP contribution >= 0.6 is 11.6 Å². The number of halogens is 1. The van der Waals surface area contributed by atoms with Crippen LogP contribution in [0.3, 0.4) is 0 Å². The number of hydrogen-bond donors (Lipinski definition) is 1. The average molecular weight is 247 g/mol. The molecule has 1 saturated heterocycles. The van der Waals surface area contributed by atoms with Crippen LogP contribution in [-0.4, -0.2) is 31.9 Å². The zero-order valence-corrected chi connectivity index (χ0v) is 9.50. The van der Waals surface area contributed by atoms with E-state index in [0.29, 0.717) is 18.1 Å². The Morgan fingerprint density at radius 3 is 2.27 bits per heavy atom. The van der Waals surface area contributed by atoms with Gasteiger partial charge in [-0.15, -0.1) is 0 Å². The third-order valence-electron chi connectivity index (χ3n) is 2.33. The van der Waals surface area contributed by atoms with Crippen molar-refractivity contribution in [2.45, 2.75) is 10.9 Å². The highest BCUT2D eigenvalue weighted by Crippen LogP contribution is 2.21. The molecule has 15 heavy (non-hydrogen) atoms. The summed E-state index contributed by atoms with van der Waals surface area (Å²) in [7, 11) is -3.36. The van der Waals surface area contributed by atoms with Crippen molar-refractivity contribution in [3.63, 3.8) is 0 Å². The maximum atomic E-state index is 11.9. The molecule has 2 N–H and O–H groups in total. The molecular weight excluding hydrogens is 236 g/mol. The van der Waals surface area contributed by atoms with Crippen LogP contribution in [0.25, 0.3) is 0 Å². The monoisotopic (exact) mass is 246 g/mol. The summed E-state index contributed by atoms with van der Waals surface area (Å²) in [5.74, 6) is 0. The lowest BCUT2D eigenvalue weighted by atomic mass is 10.2. The highest BCUT2D eigenvalue weighted by molar-refractivity contribution is 7.89. The summed E-state index contributed by atoms with van der Waals surface area (Å²) in [5.41, 5.74) is 5.54. The van der Waals surface area contributed by atoms with Crippen molar-refractivity contribution in [2.75, 3.05) is 13.1 Å². The molecule has 1 heterocycles. The fourth-order valence-electron chi connectivity index (χ4n) is 1.42. The second-order valence-corrected chi connectivity index (χ2v) is 5.91. The molecule has 0 aromatic heterocycles. The second kappa shape index (κ2) is 3.75. The third kappa shape index (κ3) is 2.01. The highest BCUT2D eigenvalue weighted by Gasteiger charge is 2.34. The molecule has 0 aliphatic carbocycles. The van der Waals surface area contributed by atoms with Crippen molar-refractivity contribution in [2.24, 2.45) is 5.73 Å². The first-order valence-electron chi connectivity index (χ1n) is 4.51. The fourth-order valence-corrected chi connectivity index (χ4v) is 3.10. The van der Waals surface area contributed by atoms with Gasteiger partial charge in [0.1, 0.15) is 0 Å². The van der Waals surface area contributed by atoms with E-state index in [1.54, 1.807) is 12.1 Å². The number of sulfonamides is 1. The normalized spacial score (nSPS) is 18.8. The smallest absolute Gasteiger partial charge is 0.243 e. The largest absolute Gasteiger partial charge is 0.325 e. The molecule has 82 valence electrons. The van der Waals surface area contributed by atoms with Crippen LogP contribution in [0.1, 0.15) is 0 Å². The van der Waals surface area contributed by atoms with E-state index in [-0.39, 0.29) is 10.9 Å². The SMILES string of the molecule is NC1CN(S(=O)(=O)c2ccc(Cl)cc2)C1. The number of rotatable bonds is 2. The zero-order valence-electron chi connectivity index (χ0n) is 7.93. The first-order chi connectivity index (χ1) is 7.00. The van der Waals surface area contributed by atoms with Crippen LogP contribution < -0.4 is 5.73 Å². The Morgan fingerprint density at radius 2 is 1.80 bits per heavy atom. The standard InChI is InChI=1S/C9H11ClN2O2S/c10-7-1-3-9(4-2-7)15(13,14)12-5-8(11)6-12/h1-4,8H,5-6,11H2. The van der Waals surface area contributed by atoms with E-state index in [0.717, 1.165) is 0 Å². The Hall–Kier alpha value is -0.620. The van der Waals surface area contributed by atoms with Crippen LogP contribution in [-0.2, 0) is 10.0 Å². The Balaban J connectivity index is 2.26. The molecule has 1 aromatic rings. The number of benzene rings is 1. The number of hydrogen-bond acceptors (Lipinski definition) is 3. The number of nitrogens with zero attached hydrogens (tertiary/aromatic N) is 1. The van der Waals surface area contributed by atoms with Gasteiger partial charge in [-0.2, -0.15) is 4.31 Å². The van der Waals surface area contributed by atoms with E-state index in [1.807, 2.05) is 0 Å².